The fourth-order valence-corrected chi connectivity index (χ4v) is 2.03. The van der Waals surface area contributed by atoms with E-state index in [0.717, 1.165) is 32.2 Å². The Morgan fingerprint density at radius 1 is 1.53 bits per heavy atom. The van der Waals surface area contributed by atoms with Gasteiger partial charge in [0.05, 0.1) is 13.4 Å². The van der Waals surface area contributed by atoms with Crippen molar-refractivity contribution in [2.45, 2.75) is 12.8 Å². The van der Waals surface area contributed by atoms with Gasteiger partial charge in [0.2, 0.25) is 5.75 Å². The first-order chi connectivity index (χ1) is 8.26. The molecular formula is C11H15N3O3. The number of rotatable bonds is 3. The number of carbonyl (C=O) groups is 1. The van der Waals surface area contributed by atoms with E-state index in [-0.39, 0.29) is 17.2 Å². The fourth-order valence-electron chi connectivity index (χ4n) is 2.03. The van der Waals surface area contributed by atoms with Gasteiger partial charge in [-0.15, -0.1) is 0 Å². The second kappa shape index (κ2) is 4.99. The Hall–Kier alpha value is -1.85. The van der Waals surface area contributed by atoms with Gasteiger partial charge in [-0.3, -0.25) is 4.79 Å². The molecule has 17 heavy (non-hydrogen) atoms. The second-order valence-electron chi connectivity index (χ2n) is 4.05. The summed E-state index contributed by atoms with van der Waals surface area (Å²) in [6.45, 7) is 1.44. The van der Waals surface area contributed by atoms with Crippen LogP contribution in [0, 0.1) is 5.92 Å². The minimum atomic E-state index is -0.282. The van der Waals surface area contributed by atoms with E-state index >= 15 is 0 Å². The van der Waals surface area contributed by atoms with E-state index in [1.165, 1.54) is 13.4 Å². The van der Waals surface area contributed by atoms with Crippen LogP contribution in [0.4, 0.5) is 5.82 Å². The van der Waals surface area contributed by atoms with Crippen LogP contribution in [0.15, 0.2) is 11.1 Å². The fraction of sp³-hybridized carbons (Fsp3) is 0.545. The van der Waals surface area contributed by atoms with Gasteiger partial charge < -0.3 is 19.4 Å². The lowest BCUT2D eigenvalue weighted by atomic mass is 9.99. The molecule has 6 heteroatoms. The standard InChI is InChI=1S/C11H15N3O3/c1-17-9-10(12-7-13-11(9)16)14-4-2-8(6-15)3-5-14/h6-8H,2-5H2,1H3,(H,12,13,16). The lowest BCUT2D eigenvalue weighted by Gasteiger charge is -2.30. The Balaban J connectivity index is 2.21. The van der Waals surface area contributed by atoms with Gasteiger partial charge in [-0.1, -0.05) is 0 Å². The van der Waals surface area contributed by atoms with E-state index in [4.69, 9.17) is 4.74 Å². The topological polar surface area (TPSA) is 75.3 Å². The molecule has 1 saturated heterocycles. The van der Waals surface area contributed by atoms with E-state index in [1.807, 2.05) is 4.90 Å². The van der Waals surface area contributed by atoms with Gasteiger partial charge in [-0.25, -0.2) is 4.98 Å². The summed E-state index contributed by atoms with van der Waals surface area (Å²) in [4.78, 5) is 30.8. The second-order valence-corrected chi connectivity index (χ2v) is 4.05. The van der Waals surface area contributed by atoms with Crippen LogP contribution in [-0.2, 0) is 4.79 Å². The van der Waals surface area contributed by atoms with Crippen LogP contribution in [0.25, 0.3) is 0 Å². The molecule has 0 aliphatic carbocycles. The molecule has 1 aromatic rings. The Labute approximate surface area is 98.6 Å². The van der Waals surface area contributed by atoms with Crippen molar-refractivity contribution >= 4 is 12.1 Å². The molecule has 1 fully saturated rings. The number of aromatic nitrogens is 2. The first-order valence-corrected chi connectivity index (χ1v) is 5.58. The number of H-pyrrole nitrogens is 1. The Bertz CT molecular complexity index is 450. The summed E-state index contributed by atoms with van der Waals surface area (Å²) in [5, 5.41) is 0. The summed E-state index contributed by atoms with van der Waals surface area (Å²) in [5.74, 6) is 0.914. The number of ether oxygens (including phenoxy) is 1. The third kappa shape index (κ3) is 2.30. The number of anilines is 1. The van der Waals surface area contributed by atoms with Gasteiger partial charge in [0.15, 0.2) is 5.82 Å². The predicted octanol–water partition coefficient (Wildman–Crippen LogP) is 0.194. The summed E-state index contributed by atoms with van der Waals surface area (Å²) in [7, 11) is 1.45. The SMILES string of the molecule is COc1c(N2CCC(C=O)CC2)nc[nH]c1=O. The summed E-state index contributed by atoms with van der Waals surface area (Å²) in [6, 6.07) is 0. The Kier molecular flexibility index (Phi) is 3.41. The van der Waals surface area contributed by atoms with Gasteiger partial charge in [-0.2, -0.15) is 0 Å². The highest BCUT2D eigenvalue weighted by atomic mass is 16.5. The number of aromatic amines is 1. The number of carbonyl (C=O) groups excluding carboxylic acids is 1. The summed E-state index contributed by atoms with van der Waals surface area (Å²) >= 11 is 0. The smallest absolute Gasteiger partial charge is 0.295 e. The monoisotopic (exact) mass is 237 g/mol. The lowest BCUT2D eigenvalue weighted by molar-refractivity contribution is -0.111. The molecule has 0 amide bonds. The van der Waals surface area contributed by atoms with Gasteiger partial charge >= 0.3 is 0 Å². The largest absolute Gasteiger partial charge is 0.489 e. The van der Waals surface area contributed by atoms with E-state index in [9.17, 15) is 9.59 Å². The van der Waals surface area contributed by atoms with Gasteiger partial charge in [0, 0.05) is 19.0 Å². The Morgan fingerprint density at radius 2 is 2.24 bits per heavy atom. The van der Waals surface area contributed by atoms with Crippen molar-refractivity contribution < 1.29 is 9.53 Å². The average molecular weight is 237 g/mol. The van der Waals surface area contributed by atoms with Crippen molar-refractivity contribution in [3.8, 4) is 5.75 Å². The van der Waals surface area contributed by atoms with Crippen LogP contribution in [-0.4, -0.2) is 36.5 Å². The molecule has 2 rings (SSSR count). The molecule has 0 spiro atoms. The summed E-state index contributed by atoms with van der Waals surface area (Å²) in [5.41, 5.74) is -0.282. The molecule has 0 atom stereocenters. The maximum absolute atomic E-state index is 11.5. The number of nitrogens with zero attached hydrogens (tertiary/aromatic N) is 2. The van der Waals surface area contributed by atoms with Crippen molar-refractivity contribution in [2.24, 2.45) is 5.92 Å². The molecule has 0 radical (unpaired) electrons. The Morgan fingerprint density at radius 3 is 2.82 bits per heavy atom. The molecule has 0 bridgehead atoms. The number of piperidine rings is 1. The number of hydrogen-bond acceptors (Lipinski definition) is 5. The van der Waals surface area contributed by atoms with Crippen LogP contribution in [0.3, 0.4) is 0 Å². The maximum Gasteiger partial charge on any atom is 0.295 e. The highest BCUT2D eigenvalue weighted by molar-refractivity contribution is 5.56. The zero-order valence-corrected chi connectivity index (χ0v) is 9.68. The van der Waals surface area contributed by atoms with Crippen LogP contribution in [0.2, 0.25) is 0 Å². The minimum Gasteiger partial charge on any atom is -0.489 e. The number of nitrogens with one attached hydrogen (secondary N) is 1. The summed E-state index contributed by atoms with van der Waals surface area (Å²) in [6.07, 6.45) is 3.95. The molecule has 1 aromatic heterocycles. The predicted molar refractivity (Wildman–Crippen MR) is 62.4 cm³/mol. The average Bonchev–Trinajstić information content (AvgIpc) is 2.38. The lowest BCUT2D eigenvalue weighted by Crippen LogP contribution is -2.35. The molecule has 1 aliphatic heterocycles. The van der Waals surface area contributed by atoms with Crippen molar-refractivity contribution in [1.29, 1.82) is 0 Å². The molecule has 0 saturated carbocycles. The van der Waals surface area contributed by atoms with Crippen LogP contribution < -0.4 is 15.2 Å². The normalized spacial score (nSPS) is 16.9. The molecule has 1 N–H and O–H groups in total. The van der Waals surface area contributed by atoms with E-state index in [1.54, 1.807) is 0 Å². The third-order valence-electron chi connectivity index (χ3n) is 3.03. The molecule has 92 valence electrons. The highest BCUT2D eigenvalue weighted by Crippen LogP contribution is 2.25. The van der Waals surface area contributed by atoms with E-state index in [0.29, 0.717) is 5.82 Å². The van der Waals surface area contributed by atoms with Gasteiger partial charge in [-0.05, 0) is 12.8 Å². The number of aldehydes is 1. The molecule has 1 aliphatic rings. The molecular weight excluding hydrogens is 222 g/mol. The van der Waals surface area contributed by atoms with E-state index in [2.05, 4.69) is 9.97 Å². The van der Waals surface area contributed by atoms with Crippen molar-refractivity contribution in [1.82, 2.24) is 9.97 Å². The quantitative estimate of drug-likeness (QED) is 0.760. The highest BCUT2D eigenvalue weighted by Gasteiger charge is 2.23. The molecule has 0 aromatic carbocycles. The van der Waals surface area contributed by atoms with Crippen molar-refractivity contribution in [3.63, 3.8) is 0 Å². The molecule has 0 unspecified atom stereocenters. The first kappa shape index (κ1) is 11.6. The zero-order valence-electron chi connectivity index (χ0n) is 9.68. The van der Waals surface area contributed by atoms with Crippen LogP contribution in [0.1, 0.15) is 12.8 Å². The molecule has 6 nitrogen and oxygen atoms in total. The van der Waals surface area contributed by atoms with Gasteiger partial charge in [0.25, 0.3) is 5.56 Å². The van der Waals surface area contributed by atoms with Crippen molar-refractivity contribution in [3.05, 3.63) is 16.7 Å². The zero-order chi connectivity index (χ0) is 12.3. The third-order valence-corrected chi connectivity index (χ3v) is 3.03. The van der Waals surface area contributed by atoms with Gasteiger partial charge in [0.1, 0.15) is 6.29 Å². The molecule has 2 heterocycles. The number of hydrogen-bond donors (Lipinski definition) is 1. The van der Waals surface area contributed by atoms with Crippen molar-refractivity contribution in [2.75, 3.05) is 25.1 Å². The van der Waals surface area contributed by atoms with Crippen LogP contribution in [0.5, 0.6) is 5.75 Å². The summed E-state index contributed by atoms with van der Waals surface area (Å²) < 4.78 is 5.07. The number of methoxy groups -OCH3 is 1. The van der Waals surface area contributed by atoms with Crippen LogP contribution >= 0.6 is 0 Å². The first-order valence-electron chi connectivity index (χ1n) is 5.58. The minimum absolute atomic E-state index is 0.124. The van der Waals surface area contributed by atoms with E-state index < -0.39 is 0 Å². The maximum atomic E-state index is 11.5.